The average molecular weight is 638 g/mol. The molecule has 242 valence electrons. The lowest BCUT2D eigenvalue weighted by Crippen LogP contribution is -2.66. The third-order valence-corrected chi connectivity index (χ3v) is 7.22. The highest BCUT2D eigenvalue weighted by atomic mass is 16.8. The molecule has 0 spiro atoms. The molecule has 2 aliphatic rings. The molecular formula is C27H26O18. The van der Waals surface area contributed by atoms with Crippen molar-refractivity contribution in [1.29, 1.82) is 0 Å². The molecule has 2 saturated heterocycles. The van der Waals surface area contributed by atoms with Gasteiger partial charge in [0.05, 0.1) is 0 Å². The molecule has 5 rings (SSSR count). The summed E-state index contributed by atoms with van der Waals surface area (Å²) in [5.41, 5.74) is -0.854. The molecule has 10 N–H and O–H groups in total. The molecule has 0 aliphatic carbocycles. The van der Waals surface area contributed by atoms with Gasteiger partial charge in [0.2, 0.25) is 12.0 Å². The first-order valence-corrected chi connectivity index (χ1v) is 13.0. The van der Waals surface area contributed by atoms with E-state index < -0.39 is 101 Å². The van der Waals surface area contributed by atoms with Crippen molar-refractivity contribution in [2.75, 3.05) is 0 Å². The number of carbonyl (C=O) groups is 2. The zero-order chi connectivity index (χ0) is 32.9. The monoisotopic (exact) mass is 638 g/mol. The van der Waals surface area contributed by atoms with Gasteiger partial charge in [-0.3, -0.25) is 4.79 Å². The van der Waals surface area contributed by atoms with E-state index in [1.54, 1.807) is 0 Å². The topological polar surface area (TPSA) is 304 Å². The Morgan fingerprint density at radius 1 is 0.711 bits per heavy atom. The van der Waals surface area contributed by atoms with Crippen LogP contribution in [0.1, 0.15) is 0 Å². The number of phenols is 3. The molecule has 0 unspecified atom stereocenters. The number of aliphatic hydroxyl groups excluding tert-OH is 5. The van der Waals surface area contributed by atoms with Gasteiger partial charge in [0.1, 0.15) is 53.0 Å². The van der Waals surface area contributed by atoms with Gasteiger partial charge in [0.25, 0.3) is 0 Å². The molecular weight excluding hydrogens is 612 g/mol. The van der Waals surface area contributed by atoms with Crippen LogP contribution in [0.25, 0.3) is 22.3 Å². The van der Waals surface area contributed by atoms with Gasteiger partial charge in [0, 0.05) is 17.7 Å². The SMILES string of the molecule is O=C(O)[C@H]1O[C@@H](O[C@H]2[C@H](Oc3cc4oc(-c5ccc(O)cc5)cc(=O)c4c(O)c3O)O[C@H](C(=O)O)[C@@H](O)[C@@H]2O)[C@H](O)[C@@H](O)[C@@H]1O. The van der Waals surface area contributed by atoms with Crippen LogP contribution in [0.15, 0.2) is 45.6 Å². The second kappa shape index (κ2) is 12.1. The minimum atomic E-state index is -2.23. The van der Waals surface area contributed by atoms with Gasteiger partial charge in [-0.2, -0.15) is 0 Å². The fourth-order valence-electron chi connectivity index (χ4n) is 4.85. The summed E-state index contributed by atoms with van der Waals surface area (Å²) in [7, 11) is 0. The number of fused-ring (bicyclic) bond motifs is 1. The summed E-state index contributed by atoms with van der Waals surface area (Å²) in [4.78, 5) is 36.1. The van der Waals surface area contributed by atoms with Gasteiger partial charge in [-0.15, -0.1) is 0 Å². The summed E-state index contributed by atoms with van der Waals surface area (Å²) < 4.78 is 26.9. The van der Waals surface area contributed by atoms with Crippen LogP contribution < -0.4 is 10.2 Å². The van der Waals surface area contributed by atoms with Crippen LogP contribution in [0.2, 0.25) is 0 Å². The molecule has 18 nitrogen and oxygen atoms in total. The number of aliphatic carboxylic acids is 2. The number of carboxylic acid groups (broad SMARTS) is 2. The third-order valence-electron chi connectivity index (χ3n) is 7.22. The second-order valence-corrected chi connectivity index (χ2v) is 10.2. The van der Waals surface area contributed by atoms with E-state index >= 15 is 0 Å². The Morgan fingerprint density at radius 2 is 1.29 bits per heavy atom. The smallest absolute Gasteiger partial charge is 0.335 e. The van der Waals surface area contributed by atoms with E-state index in [-0.39, 0.29) is 17.1 Å². The van der Waals surface area contributed by atoms with E-state index in [1.807, 2.05) is 0 Å². The highest BCUT2D eigenvalue weighted by Crippen LogP contribution is 2.43. The number of phenolic OH excluding ortho intramolecular Hbond substituents is 3. The van der Waals surface area contributed by atoms with Crippen LogP contribution in [-0.4, -0.2) is 124 Å². The minimum absolute atomic E-state index is 0.0414. The Balaban J connectivity index is 1.53. The number of benzene rings is 2. The molecule has 18 heteroatoms. The van der Waals surface area contributed by atoms with Crippen LogP contribution in [0.3, 0.4) is 0 Å². The van der Waals surface area contributed by atoms with Crippen molar-refractivity contribution in [3.05, 3.63) is 46.6 Å². The lowest BCUT2D eigenvalue weighted by atomic mass is 9.97. The van der Waals surface area contributed by atoms with Gasteiger partial charge in [-0.05, 0) is 24.3 Å². The molecule has 2 fully saturated rings. The molecule has 1 aromatic heterocycles. The fraction of sp³-hybridized carbons (Fsp3) is 0.370. The predicted molar refractivity (Wildman–Crippen MR) is 141 cm³/mol. The lowest BCUT2D eigenvalue weighted by molar-refractivity contribution is -0.350. The predicted octanol–water partition coefficient (Wildman–Crippen LogP) is -2.24. The highest BCUT2D eigenvalue weighted by Gasteiger charge is 2.54. The van der Waals surface area contributed by atoms with E-state index in [0.717, 1.165) is 12.1 Å². The first kappa shape index (κ1) is 31.9. The zero-order valence-electron chi connectivity index (χ0n) is 22.5. The van der Waals surface area contributed by atoms with Crippen molar-refractivity contribution in [1.82, 2.24) is 0 Å². The van der Waals surface area contributed by atoms with E-state index in [1.165, 1.54) is 24.3 Å². The quantitative estimate of drug-likeness (QED) is 0.122. The Morgan fingerprint density at radius 3 is 1.89 bits per heavy atom. The van der Waals surface area contributed by atoms with Gasteiger partial charge >= 0.3 is 11.9 Å². The highest BCUT2D eigenvalue weighted by molar-refractivity contribution is 5.89. The maximum absolute atomic E-state index is 12.8. The Labute approximate surface area is 249 Å². The molecule has 0 saturated carbocycles. The number of hydrogen-bond donors (Lipinski definition) is 10. The number of ether oxygens (including phenoxy) is 4. The molecule has 2 aliphatic heterocycles. The maximum Gasteiger partial charge on any atom is 0.335 e. The molecule has 0 amide bonds. The summed E-state index contributed by atoms with van der Waals surface area (Å²) in [5, 5.41) is 101. The van der Waals surface area contributed by atoms with Crippen LogP contribution in [0.5, 0.6) is 23.0 Å². The van der Waals surface area contributed by atoms with Gasteiger partial charge in [0.15, 0.2) is 41.5 Å². The van der Waals surface area contributed by atoms with Crippen LogP contribution >= 0.6 is 0 Å². The Bertz CT molecular complexity index is 1650. The van der Waals surface area contributed by atoms with Crippen molar-refractivity contribution in [2.24, 2.45) is 0 Å². The van der Waals surface area contributed by atoms with E-state index in [0.29, 0.717) is 5.56 Å². The molecule has 0 bridgehead atoms. The molecule has 0 radical (unpaired) electrons. The van der Waals surface area contributed by atoms with Crippen molar-refractivity contribution in [2.45, 2.75) is 61.4 Å². The molecule has 3 heterocycles. The normalized spacial score (nSPS) is 31.8. The third kappa shape index (κ3) is 5.83. The average Bonchev–Trinajstić information content (AvgIpc) is 2.98. The largest absolute Gasteiger partial charge is 0.508 e. The van der Waals surface area contributed by atoms with Crippen LogP contribution in [0, 0.1) is 0 Å². The van der Waals surface area contributed by atoms with E-state index in [9.17, 15) is 65.4 Å². The molecule has 10 atom stereocenters. The van der Waals surface area contributed by atoms with Crippen LogP contribution in [0.4, 0.5) is 0 Å². The van der Waals surface area contributed by atoms with E-state index in [2.05, 4.69) is 0 Å². The Kier molecular flexibility index (Phi) is 8.58. The summed E-state index contributed by atoms with van der Waals surface area (Å²) in [6.07, 6.45) is -21.5. The first-order chi connectivity index (χ1) is 21.2. The summed E-state index contributed by atoms with van der Waals surface area (Å²) >= 11 is 0. The maximum atomic E-state index is 12.8. The van der Waals surface area contributed by atoms with Gasteiger partial charge < -0.3 is 74.4 Å². The summed E-state index contributed by atoms with van der Waals surface area (Å²) in [5.74, 6) is -6.54. The van der Waals surface area contributed by atoms with Crippen molar-refractivity contribution < 1.29 is 84.0 Å². The summed E-state index contributed by atoms with van der Waals surface area (Å²) in [6, 6.07) is 7.36. The second-order valence-electron chi connectivity index (χ2n) is 10.2. The minimum Gasteiger partial charge on any atom is -0.508 e. The lowest BCUT2D eigenvalue weighted by Gasteiger charge is -2.44. The van der Waals surface area contributed by atoms with Crippen molar-refractivity contribution >= 4 is 22.9 Å². The fourth-order valence-corrected chi connectivity index (χ4v) is 4.85. The molecule has 45 heavy (non-hydrogen) atoms. The zero-order valence-corrected chi connectivity index (χ0v) is 22.5. The molecule has 3 aromatic rings. The number of carboxylic acids is 2. The number of hydrogen-bond acceptors (Lipinski definition) is 16. The summed E-state index contributed by atoms with van der Waals surface area (Å²) in [6.45, 7) is 0. The van der Waals surface area contributed by atoms with Gasteiger partial charge in [-0.1, -0.05) is 0 Å². The Hall–Kier alpha value is -4.53. The number of rotatable bonds is 7. The first-order valence-electron chi connectivity index (χ1n) is 13.0. The number of aliphatic hydroxyl groups is 5. The standard InChI is InChI=1S/C27H26O18/c28-8-3-1-7(2-4-8)10-5-9(29)13-11(41-10)6-12(14(30)15(13)31)42-27-23(19(35)18(34)22(44-27)25(39)40)45-26-20(36)16(32)17(33)21(43-26)24(37)38/h1-6,16-23,26-28,30-36H,(H,37,38)(H,39,40)/t16-,17-,18-,19-,20+,21-,22-,23+,26-,27+/m0/s1. The van der Waals surface area contributed by atoms with E-state index in [4.69, 9.17) is 23.4 Å². The number of aromatic hydroxyl groups is 3. The molecule has 2 aromatic carbocycles. The van der Waals surface area contributed by atoms with Gasteiger partial charge in [-0.25, -0.2) is 9.59 Å². The van der Waals surface area contributed by atoms with Crippen molar-refractivity contribution in [3.63, 3.8) is 0 Å². The van der Waals surface area contributed by atoms with Crippen molar-refractivity contribution in [3.8, 4) is 34.3 Å². The van der Waals surface area contributed by atoms with Crippen LogP contribution in [-0.2, 0) is 23.8 Å².